The number of aliphatic hydroxyl groups is 1. The van der Waals surface area contributed by atoms with Crippen molar-refractivity contribution in [3.63, 3.8) is 0 Å². The van der Waals surface area contributed by atoms with Crippen molar-refractivity contribution in [1.29, 1.82) is 0 Å². The minimum Gasteiger partial charge on any atom is -0.496 e. The molecular formula is C34H44N8O3. The third-order valence-electron chi connectivity index (χ3n) is 9.08. The standard InChI is InChI=1S/C34H44N8O3/c1-40(2)19-16-36-24-12-17-41(18-13-24)26-6-9-29-31(21-26)42(25-4-7-27(43)8-5-25)34(38-29)39-33(44)23-10-15-37-30(20-23)28-22-35-14-11-32(28)45-3/h6,9-11,14-15,20-22,24-25,27,36,43H,4-5,7-8,12-13,16-19H2,1-3H3,(H,38,39,44). The number of piperidine rings is 1. The van der Waals surface area contributed by atoms with Gasteiger partial charge in [-0.1, -0.05) is 0 Å². The number of methoxy groups -OCH3 is 1. The number of carbonyl (C=O) groups excluding carboxylic acids is 1. The van der Waals surface area contributed by atoms with Crippen LogP contribution >= 0.6 is 0 Å². The highest BCUT2D eigenvalue weighted by molar-refractivity contribution is 6.04. The summed E-state index contributed by atoms with van der Waals surface area (Å²) in [5, 5.41) is 17.1. The number of benzene rings is 1. The van der Waals surface area contributed by atoms with Crippen molar-refractivity contribution in [3.05, 3.63) is 60.6 Å². The molecule has 6 rings (SSSR count). The summed E-state index contributed by atoms with van der Waals surface area (Å²) in [6, 6.07) is 12.3. The van der Waals surface area contributed by atoms with Gasteiger partial charge in [0.2, 0.25) is 5.95 Å². The third kappa shape index (κ3) is 7.11. The second kappa shape index (κ2) is 13.9. The fourth-order valence-electron chi connectivity index (χ4n) is 6.53. The number of carbonyl (C=O) groups is 1. The Hall–Kier alpha value is -4.06. The average Bonchev–Trinajstić information content (AvgIpc) is 3.42. The lowest BCUT2D eigenvalue weighted by atomic mass is 9.93. The lowest BCUT2D eigenvalue weighted by Crippen LogP contribution is -2.44. The summed E-state index contributed by atoms with van der Waals surface area (Å²) in [4.78, 5) is 31.9. The van der Waals surface area contributed by atoms with E-state index in [9.17, 15) is 9.90 Å². The Morgan fingerprint density at radius 2 is 1.84 bits per heavy atom. The second-order valence-corrected chi connectivity index (χ2v) is 12.4. The topological polar surface area (TPSA) is 121 Å². The summed E-state index contributed by atoms with van der Waals surface area (Å²) >= 11 is 0. The molecule has 1 aliphatic carbocycles. The maximum Gasteiger partial charge on any atom is 0.258 e. The van der Waals surface area contributed by atoms with Gasteiger partial charge in [0.1, 0.15) is 5.75 Å². The van der Waals surface area contributed by atoms with Crippen LogP contribution in [0.2, 0.25) is 0 Å². The Bertz CT molecular complexity index is 1610. The van der Waals surface area contributed by atoms with Gasteiger partial charge in [-0.3, -0.25) is 20.1 Å². The first-order valence-corrected chi connectivity index (χ1v) is 16.0. The normalized spacial score (nSPS) is 19.3. The van der Waals surface area contributed by atoms with Crippen molar-refractivity contribution in [3.8, 4) is 17.0 Å². The van der Waals surface area contributed by atoms with E-state index in [1.807, 2.05) is 0 Å². The molecule has 2 aliphatic rings. The molecule has 45 heavy (non-hydrogen) atoms. The number of amides is 1. The molecular weight excluding hydrogens is 568 g/mol. The second-order valence-electron chi connectivity index (χ2n) is 12.4. The molecule has 3 aromatic heterocycles. The Morgan fingerprint density at radius 1 is 1.04 bits per heavy atom. The van der Waals surface area contributed by atoms with Crippen molar-refractivity contribution in [1.82, 2.24) is 29.7 Å². The summed E-state index contributed by atoms with van der Waals surface area (Å²) in [5.74, 6) is 0.893. The highest BCUT2D eigenvalue weighted by Crippen LogP contribution is 2.36. The Balaban J connectivity index is 1.25. The number of likely N-dealkylation sites (N-methyl/N-ethyl adjacent to an activating group) is 1. The van der Waals surface area contributed by atoms with Gasteiger partial charge in [0, 0.05) is 68.1 Å². The van der Waals surface area contributed by atoms with Crippen molar-refractivity contribution in [2.45, 2.75) is 56.7 Å². The van der Waals surface area contributed by atoms with Gasteiger partial charge in [0.05, 0.1) is 35.5 Å². The number of pyridine rings is 2. The van der Waals surface area contributed by atoms with E-state index in [4.69, 9.17) is 9.72 Å². The zero-order chi connectivity index (χ0) is 31.3. The van der Waals surface area contributed by atoms with Gasteiger partial charge in [-0.15, -0.1) is 0 Å². The lowest BCUT2D eigenvalue weighted by molar-refractivity contribution is 0.102. The number of imidazole rings is 1. The molecule has 0 radical (unpaired) electrons. The molecule has 1 aliphatic heterocycles. The van der Waals surface area contributed by atoms with E-state index in [1.54, 1.807) is 43.9 Å². The zero-order valence-corrected chi connectivity index (χ0v) is 26.4. The highest BCUT2D eigenvalue weighted by Gasteiger charge is 2.27. The number of rotatable bonds is 10. The van der Waals surface area contributed by atoms with Crippen molar-refractivity contribution >= 4 is 28.6 Å². The minimum absolute atomic E-state index is 0.128. The van der Waals surface area contributed by atoms with Gasteiger partial charge < -0.3 is 29.5 Å². The number of aliphatic hydroxyl groups excluding tert-OH is 1. The number of ether oxygens (including phenoxy) is 1. The number of anilines is 2. The molecule has 1 amide bonds. The quantitative estimate of drug-likeness (QED) is 0.240. The number of fused-ring (bicyclic) bond motifs is 1. The van der Waals surface area contributed by atoms with Crippen molar-refractivity contribution in [2.75, 3.05) is 57.6 Å². The van der Waals surface area contributed by atoms with E-state index in [2.05, 4.69) is 67.3 Å². The molecule has 3 N–H and O–H groups in total. The molecule has 0 spiro atoms. The van der Waals surface area contributed by atoms with Crippen LogP contribution in [0.1, 0.15) is 54.9 Å². The Labute approximate surface area is 264 Å². The molecule has 4 heterocycles. The lowest BCUT2D eigenvalue weighted by Gasteiger charge is -2.34. The number of hydrogen-bond acceptors (Lipinski definition) is 9. The maximum atomic E-state index is 13.7. The van der Waals surface area contributed by atoms with E-state index in [0.717, 1.165) is 75.7 Å². The van der Waals surface area contributed by atoms with Crippen LogP contribution in [0.5, 0.6) is 5.75 Å². The van der Waals surface area contributed by atoms with E-state index < -0.39 is 0 Å². The number of hydrogen-bond donors (Lipinski definition) is 3. The van der Waals surface area contributed by atoms with E-state index >= 15 is 0 Å². The molecule has 4 aromatic rings. The van der Waals surface area contributed by atoms with Gasteiger partial charge >= 0.3 is 0 Å². The van der Waals surface area contributed by atoms with Crippen LogP contribution in [-0.2, 0) is 0 Å². The van der Waals surface area contributed by atoms with Gasteiger partial charge in [0.15, 0.2) is 0 Å². The minimum atomic E-state index is -0.281. The zero-order valence-electron chi connectivity index (χ0n) is 26.4. The summed E-state index contributed by atoms with van der Waals surface area (Å²) in [6.07, 6.45) is 9.99. The molecule has 0 bridgehead atoms. The molecule has 0 atom stereocenters. The highest BCUT2D eigenvalue weighted by atomic mass is 16.5. The summed E-state index contributed by atoms with van der Waals surface area (Å²) in [6.45, 7) is 4.03. The van der Waals surface area contributed by atoms with E-state index in [1.165, 1.54) is 5.69 Å². The SMILES string of the molecule is COc1ccncc1-c1cc(C(=O)Nc2nc3ccc(N4CCC(NCCN(C)C)CC4)cc3n2C2CCC(O)CC2)ccn1. The average molecular weight is 613 g/mol. The van der Waals surface area contributed by atoms with Crippen molar-refractivity contribution < 1.29 is 14.6 Å². The first kappa shape index (κ1) is 30.9. The first-order chi connectivity index (χ1) is 21.9. The van der Waals surface area contributed by atoms with Gasteiger partial charge in [-0.05, 0) is 89.0 Å². The van der Waals surface area contributed by atoms with Crippen LogP contribution in [0.15, 0.2) is 55.0 Å². The molecule has 238 valence electrons. The fraction of sp³-hybridized carbons (Fsp3) is 0.471. The van der Waals surface area contributed by atoms with Crippen LogP contribution in [-0.4, -0.2) is 95.0 Å². The van der Waals surface area contributed by atoms with Crippen LogP contribution in [0.4, 0.5) is 11.6 Å². The molecule has 1 saturated heterocycles. The molecule has 0 unspecified atom stereocenters. The monoisotopic (exact) mass is 612 g/mol. The molecule has 2 fully saturated rings. The Morgan fingerprint density at radius 3 is 2.60 bits per heavy atom. The maximum absolute atomic E-state index is 13.7. The smallest absolute Gasteiger partial charge is 0.258 e. The molecule has 1 saturated carbocycles. The molecule has 1 aromatic carbocycles. The summed E-state index contributed by atoms with van der Waals surface area (Å²) in [5.41, 5.74) is 4.80. The predicted molar refractivity (Wildman–Crippen MR) is 177 cm³/mol. The number of aromatic nitrogens is 4. The third-order valence-corrected chi connectivity index (χ3v) is 9.08. The van der Waals surface area contributed by atoms with Gasteiger partial charge in [-0.25, -0.2) is 4.98 Å². The van der Waals surface area contributed by atoms with Gasteiger partial charge in [0.25, 0.3) is 5.91 Å². The summed E-state index contributed by atoms with van der Waals surface area (Å²) < 4.78 is 7.67. The number of nitrogens with one attached hydrogen (secondary N) is 2. The van der Waals surface area contributed by atoms with Crippen LogP contribution < -0.4 is 20.3 Å². The first-order valence-electron chi connectivity index (χ1n) is 16.0. The largest absolute Gasteiger partial charge is 0.496 e. The Kier molecular flexibility index (Phi) is 9.58. The van der Waals surface area contributed by atoms with Gasteiger partial charge in [-0.2, -0.15) is 0 Å². The molecule has 11 heteroatoms. The number of nitrogens with zero attached hydrogens (tertiary/aromatic N) is 6. The summed E-state index contributed by atoms with van der Waals surface area (Å²) in [7, 11) is 5.81. The van der Waals surface area contributed by atoms with E-state index in [0.29, 0.717) is 34.6 Å². The predicted octanol–water partition coefficient (Wildman–Crippen LogP) is 4.35. The molecule has 11 nitrogen and oxygen atoms in total. The van der Waals surface area contributed by atoms with Crippen LogP contribution in [0.25, 0.3) is 22.3 Å². The van der Waals surface area contributed by atoms with Crippen molar-refractivity contribution in [2.24, 2.45) is 0 Å². The van der Waals surface area contributed by atoms with Crippen LogP contribution in [0, 0.1) is 0 Å². The van der Waals surface area contributed by atoms with Crippen LogP contribution in [0.3, 0.4) is 0 Å². The van der Waals surface area contributed by atoms with E-state index in [-0.39, 0.29) is 18.1 Å². The fourth-order valence-corrected chi connectivity index (χ4v) is 6.53.